The van der Waals surface area contributed by atoms with Crippen molar-refractivity contribution < 1.29 is 19.5 Å². The minimum Gasteiger partial charge on any atom is -0.655 e. The molecule has 0 fully saturated rings. The predicted molar refractivity (Wildman–Crippen MR) is 206 cm³/mol. The third kappa shape index (κ3) is 3.85. The van der Waals surface area contributed by atoms with Crippen LogP contribution in [0.15, 0.2) is 54.7 Å². The van der Waals surface area contributed by atoms with Gasteiger partial charge in [-0.15, -0.1) is 22.1 Å². The van der Waals surface area contributed by atoms with Crippen molar-refractivity contribution >= 4 is 79.2 Å². The van der Waals surface area contributed by atoms with Crippen molar-refractivity contribution in [2.45, 2.75) is 75.0 Å². The first kappa shape index (κ1) is 31.4. The van der Waals surface area contributed by atoms with Crippen LogP contribution in [-0.2, 0) is 19.5 Å². The molecule has 8 atom stereocenters. The molecular formula is C44H33Cl3N4Zn. The number of hydrogen-bond donors (Lipinski definition) is 0. The molecule has 14 aliphatic rings. The van der Waals surface area contributed by atoms with Crippen LogP contribution < -0.4 is 9.97 Å². The van der Waals surface area contributed by atoms with Crippen molar-refractivity contribution in [1.82, 2.24) is 19.9 Å². The fourth-order valence-corrected chi connectivity index (χ4v) is 12.8. The van der Waals surface area contributed by atoms with E-state index in [0.29, 0.717) is 38.7 Å². The Balaban J connectivity index is 0.00000305. The molecule has 2 aliphatic heterocycles. The molecule has 0 saturated heterocycles. The number of hydrogen-bond acceptors (Lipinski definition) is 2. The first-order valence-electron chi connectivity index (χ1n) is 19.0. The summed E-state index contributed by atoms with van der Waals surface area (Å²) in [6, 6.07) is 2.27. The second-order valence-corrected chi connectivity index (χ2v) is 17.5. The van der Waals surface area contributed by atoms with Gasteiger partial charge in [-0.25, -0.2) is 9.97 Å². The number of nitrogens with zero attached hydrogens (tertiary/aromatic N) is 4. The minimum absolute atomic E-state index is 0. The molecule has 0 N–H and O–H groups in total. The molecule has 17 rings (SSSR count). The Hall–Kier alpha value is -2.95. The maximum Gasteiger partial charge on any atom is 2.00 e. The number of aromatic nitrogens is 4. The molecule has 0 saturated carbocycles. The van der Waals surface area contributed by atoms with E-state index < -0.39 is 0 Å². The summed E-state index contributed by atoms with van der Waals surface area (Å²) < 4.78 is 0. The summed E-state index contributed by atoms with van der Waals surface area (Å²) in [7, 11) is 0. The minimum atomic E-state index is 0. The van der Waals surface area contributed by atoms with Crippen LogP contribution in [0.5, 0.6) is 0 Å². The smallest absolute Gasteiger partial charge is 0.655 e. The van der Waals surface area contributed by atoms with E-state index >= 15 is 0 Å². The van der Waals surface area contributed by atoms with Crippen molar-refractivity contribution in [2.75, 3.05) is 0 Å². The van der Waals surface area contributed by atoms with Gasteiger partial charge in [0.1, 0.15) is 0 Å². The van der Waals surface area contributed by atoms with Gasteiger partial charge in [0, 0.05) is 52.4 Å². The molecule has 12 aliphatic carbocycles. The Bertz CT molecular complexity index is 2420. The van der Waals surface area contributed by atoms with Crippen LogP contribution in [0.3, 0.4) is 0 Å². The van der Waals surface area contributed by atoms with Crippen molar-refractivity contribution in [3.05, 3.63) is 115 Å². The summed E-state index contributed by atoms with van der Waals surface area (Å²) in [5.41, 5.74) is 17.3. The van der Waals surface area contributed by atoms with E-state index in [-0.39, 0.29) is 43.1 Å². The molecule has 4 nitrogen and oxygen atoms in total. The van der Waals surface area contributed by atoms with Gasteiger partial charge < -0.3 is 9.97 Å². The van der Waals surface area contributed by atoms with Crippen LogP contribution in [0, 0.1) is 23.7 Å². The van der Waals surface area contributed by atoms with Crippen LogP contribution in [-0.4, -0.2) is 9.97 Å². The molecule has 5 heterocycles. The molecule has 252 valence electrons. The maximum absolute atomic E-state index is 7.72. The molecule has 0 amide bonds. The van der Waals surface area contributed by atoms with Crippen LogP contribution in [0.25, 0.3) is 44.4 Å². The van der Waals surface area contributed by atoms with E-state index in [0.717, 1.165) is 96.2 Å². The fourth-order valence-electron chi connectivity index (χ4n) is 11.9. The van der Waals surface area contributed by atoms with Crippen molar-refractivity contribution in [2.24, 2.45) is 23.7 Å². The van der Waals surface area contributed by atoms with Crippen molar-refractivity contribution in [3.8, 4) is 0 Å². The topological polar surface area (TPSA) is 54.0 Å². The third-order valence-corrected chi connectivity index (χ3v) is 15.2. The van der Waals surface area contributed by atoms with Gasteiger partial charge in [0.25, 0.3) is 0 Å². The van der Waals surface area contributed by atoms with Gasteiger partial charge in [-0.05, 0) is 79.7 Å². The zero-order valence-electron chi connectivity index (χ0n) is 28.6. The second-order valence-electron chi connectivity index (χ2n) is 16.4. The maximum atomic E-state index is 7.72. The normalized spacial score (nSPS) is 31.7. The third-order valence-electron chi connectivity index (χ3n) is 14.1. The summed E-state index contributed by atoms with van der Waals surface area (Å²) in [5.74, 6) is 2.26. The average Bonchev–Trinajstić information content (AvgIpc) is 3.99. The van der Waals surface area contributed by atoms with Gasteiger partial charge in [-0.3, -0.25) is 0 Å². The zero-order chi connectivity index (χ0) is 33.4. The van der Waals surface area contributed by atoms with Gasteiger partial charge in [0.15, 0.2) is 0 Å². The summed E-state index contributed by atoms with van der Waals surface area (Å²) >= 11 is 23.1. The first-order chi connectivity index (χ1) is 25.0. The van der Waals surface area contributed by atoms with Crippen LogP contribution in [0.2, 0.25) is 15.1 Å². The van der Waals surface area contributed by atoms with E-state index in [2.05, 4.69) is 54.7 Å². The van der Waals surface area contributed by atoms with E-state index in [1.54, 1.807) is 0 Å². The molecule has 16 bridgehead atoms. The fraction of sp³-hybridized carbons (Fsp3) is 0.364. The molecular weight excluding hydrogens is 756 g/mol. The van der Waals surface area contributed by atoms with Crippen LogP contribution in [0.1, 0.15) is 120 Å². The van der Waals surface area contributed by atoms with Gasteiger partial charge in [-0.2, -0.15) is 0 Å². The first-order valence-corrected chi connectivity index (χ1v) is 20.1. The molecule has 3 aromatic heterocycles. The largest absolute Gasteiger partial charge is 2.00 e. The van der Waals surface area contributed by atoms with Crippen molar-refractivity contribution in [3.63, 3.8) is 0 Å². The zero-order valence-corrected chi connectivity index (χ0v) is 33.8. The molecule has 0 spiro atoms. The Kier molecular flexibility index (Phi) is 6.55. The predicted octanol–water partition coefficient (Wildman–Crippen LogP) is 11.6. The Morgan fingerprint density at radius 3 is 1.02 bits per heavy atom. The van der Waals surface area contributed by atoms with Crippen LogP contribution in [0.4, 0.5) is 0 Å². The summed E-state index contributed by atoms with van der Waals surface area (Å²) in [5, 5.41) is 1.93. The van der Waals surface area contributed by atoms with E-state index in [1.165, 1.54) is 44.5 Å². The molecule has 3 aromatic rings. The van der Waals surface area contributed by atoms with Gasteiger partial charge >= 0.3 is 19.5 Å². The molecule has 52 heavy (non-hydrogen) atoms. The SMILES string of the molecule is Clc1c2nc(cc3nc(c(Cl)c4[n-]c(c5c4[C@H]4C=C[C@@H]5CC4)c(Cl)c4[n-]c1c1c4[C@H]4C=C[C@@H]1CC4)C1=C3[C@H]3C=C[C@@H]1CC3)C1=C2[C@H]2C=C[C@@H]1CC2.[Zn+2]. The van der Waals surface area contributed by atoms with E-state index in [9.17, 15) is 0 Å². The summed E-state index contributed by atoms with van der Waals surface area (Å²) in [4.78, 5) is 21.9. The Labute approximate surface area is 330 Å². The number of halogens is 3. The van der Waals surface area contributed by atoms with E-state index in [4.69, 9.17) is 54.7 Å². The number of allylic oxidation sites excluding steroid dienone is 12. The van der Waals surface area contributed by atoms with Gasteiger partial charge in [-0.1, -0.05) is 106 Å². The molecule has 0 aromatic carbocycles. The van der Waals surface area contributed by atoms with Crippen LogP contribution >= 0.6 is 34.8 Å². The second kappa shape index (κ2) is 10.8. The monoisotopic (exact) mass is 786 g/mol. The molecule has 8 heteroatoms. The summed E-state index contributed by atoms with van der Waals surface area (Å²) in [6.07, 6.45) is 27.9. The van der Waals surface area contributed by atoms with Gasteiger partial charge in [0.2, 0.25) is 0 Å². The average molecular weight is 790 g/mol. The molecule has 0 radical (unpaired) electrons. The quantitative estimate of drug-likeness (QED) is 0.168. The summed E-state index contributed by atoms with van der Waals surface area (Å²) in [6.45, 7) is 0. The molecule has 0 unspecified atom stereocenters. The Morgan fingerprint density at radius 2 is 0.692 bits per heavy atom. The van der Waals surface area contributed by atoms with Crippen molar-refractivity contribution in [1.29, 1.82) is 0 Å². The Morgan fingerprint density at radius 1 is 0.404 bits per heavy atom. The number of fused-ring (bicyclic) bond motifs is 12. The van der Waals surface area contributed by atoms with Gasteiger partial charge in [0.05, 0.1) is 32.8 Å². The number of rotatable bonds is 0. The standard InChI is InChI=1S/C44H33Cl3N4.Zn/c45-36-39-30-20-5-1-18(2-6-20)28(30)26(48-39)17-27-29-19-3-7-21(8-4-19)31(29)40(49-27)37(46)42-33-23-11-15-25(16-12-23)35(33)44(51-42)38(47)43-34-24-13-9-22(10-14-24)32(34)41(36)50-43;/h1,3,5,7,9,11,13,15,17-25H,2,4,6,8,10,12,14,16H2;/q-2;+2/t18-,19+,20+,21-,22-,23+,24+,25-;. The van der Waals surface area contributed by atoms with E-state index in [1.807, 2.05) is 0 Å².